The Bertz CT molecular complexity index is 1140. The highest BCUT2D eigenvalue weighted by molar-refractivity contribution is 6.02. The van der Waals surface area contributed by atoms with E-state index in [4.69, 9.17) is 0 Å². The largest absolute Gasteiger partial charge is 0.335 e. The number of benzene rings is 2. The summed E-state index contributed by atoms with van der Waals surface area (Å²) >= 11 is 0. The summed E-state index contributed by atoms with van der Waals surface area (Å²) < 4.78 is 2.16. The molecule has 0 bridgehead atoms. The van der Waals surface area contributed by atoms with Crippen LogP contribution in [0.2, 0.25) is 0 Å². The van der Waals surface area contributed by atoms with Crippen molar-refractivity contribution in [2.24, 2.45) is 0 Å². The number of aromatic nitrogens is 3. The number of rotatable bonds is 4. The summed E-state index contributed by atoms with van der Waals surface area (Å²) in [6.45, 7) is 6.34. The van der Waals surface area contributed by atoms with Gasteiger partial charge in [-0.3, -0.25) is 0 Å². The first-order valence-electron chi connectivity index (χ1n) is 10.5. The number of nitrogens with one attached hydrogen (secondary N) is 2. The predicted molar refractivity (Wildman–Crippen MR) is 121 cm³/mol. The van der Waals surface area contributed by atoms with E-state index in [1.807, 2.05) is 6.07 Å². The molecule has 0 spiro atoms. The number of hydrogen-bond acceptors (Lipinski definition) is 4. The smallest absolute Gasteiger partial charge is 0.153 e. The average Bonchev–Trinajstić information content (AvgIpc) is 3.17. The highest BCUT2D eigenvalue weighted by Crippen LogP contribution is 2.35. The molecule has 6 heteroatoms. The van der Waals surface area contributed by atoms with Crippen molar-refractivity contribution in [2.75, 3.05) is 38.7 Å². The molecule has 0 saturated carbocycles. The first-order chi connectivity index (χ1) is 14.7. The fraction of sp³-hybridized carbons (Fsp3) is 0.250. The van der Waals surface area contributed by atoms with Gasteiger partial charge in [0.15, 0.2) is 11.5 Å². The molecule has 0 aliphatic carbocycles. The topological polar surface area (TPSA) is 50.4 Å². The maximum atomic E-state index is 4.68. The predicted octanol–water partition coefficient (Wildman–Crippen LogP) is 2.55. The number of piperazine rings is 1. The Hall–Kier alpha value is -3.22. The van der Waals surface area contributed by atoms with Crippen molar-refractivity contribution >= 4 is 16.9 Å². The Morgan fingerprint density at radius 3 is 2.40 bits per heavy atom. The van der Waals surface area contributed by atoms with Crippen LogP contribution in [-0.4, -0.2) is 52.8 Å². The van der Waals surface area contributed by atoms with E-state index in [1.165, 1.54) is 5.56 Å². The Balaban J connectivity index is 1.65. The summed E-state index contributed by atoms with van der Waals surface area (Å²) in [5.74, 6) is 0.865. The quantitative estimate of drug-likeness (QED) is 0.554. The standard InChI is InChI=1S/C24H26N6/c1-18-8-10-20(11-9-18)30-16-21(19-6-4-3-5-7-19)22-23(25-17-26-24(22)30)27-29-14-12-28(2)13-15-29/h3-11,16-17H,12-15H2,1-2H3,(H,25,26,27)/p+1. The fourth-order valence-corrected chi connectivity index (χ4v) is 4.04. The molecule has 152 valence electrons. The lowest BCUT2D eigenvalue weighted by molar-refractivity contribution is -0.884. The van der Waals surface area contributed by atoms with Crippen molar-refractivity contribution in [3.05, 3.63) is 72.7 Å². The maximum absolute atomic E-state index is 4.68. The molecular formula is C24H27N6+. The number of likely N-dealkylation sites (N-methyl/N-ethyl adjacent to an activating group) is 1. The maximum Gasteiger partial charge on any atom is 0.153 e. The van der Waals surface area contributed by atoms with Gasteiger partial charge in [0.2, 0.25) is 0 Å². The molecule has 5 rings (SSSR count). The van der Waals surface area contributed by atoms with Gasteiger partial charge in [0, 0.05) is 17.4 Å². The van der Waals surface area contributed by atoms with Crippen LogP contribution in [-0.2, 0) is 0 Å². The van der Waals surface area contributed by atoms with Crippen molar-refractivity contribution < 1.29 is 4.90 Å². The van der Waals surface area contributed by atoms with Crippen LogP contribution in [0.4, 0.5) is 5.82 Å². The number of nitrogens with zero attached hydrogens (tertiary/aromatic N) is 4. The van der Waals surface area contributed by atoms with Crippen LogP contribution < -0.4 is 10.3 Å². The Morgan fingerprint density at radius 1 is 0.933 bits per heavy atom. The number of quaternary nitrogens is 1. The number of hydrazine groups is 1. The summed E-state index contributed by atoms with van der Waals surface area (Å²) in [7, 11) is 2.25. The fourth-order valence-electron chi connectivity index (χ4n) is 4.04. The SMILES string of the molecule is Cc1ccc(-n2cc(-c3ccccc3)c3c(NN4CC[NH+](C)CC4)ncnc32)cc1. The lowest BCUT2D eigenvalue weighted by Gasteiger charge is -2.30. The van der Waals surface area contributed by atoms with E-state index in [0.29, 0.717) is 0 Å². The lowest BCUT2D eigenvalue weighted by Crippen LogP contribution is -3.12. The molecule has 2 aromatic heterocycles. The van der Waals surface area contributed by atoms with Crippen LogP contribution in [0, 0.1) is 6.92 Å². The summed E-state index contributed by atoms with van der Waals surface area (Å²) in [6, 6.07) is 19.0. The molecule has 0 radical (unpaired) electrons. The van der Waals surface area contributed by atoms with E-state index < -0.39 is 0 Å². The van der Waals surface area contributed by atoms with Gasteiger partial charge >= 0.3 is 0 Å². The molecule has 4 aromatic rings. The van der Waals surface area contributed by atoms with Gasteiger partial charge in [-0.25, -0.2) is 15.0 Å². The van der Waals surface area contributed by atoms with E-state index in [1.54, 1.807) is 11.2 Å². The van der Waals surface area contributed by atoms with Gasteiger partial charge in [-0.15, -0.1) is 0 Å². The van der Waals surface area contributed by atoms with E-state index in [9.17, 15) is 0 Å². The van der Waals surface area contributed by atoms with Gasteiger partial charge in [-0.2, -0.15) is 0 Å². The lowest BCUT2D eigenvalue weighted by atomic mass is 10.1. The van der Waals surface area contributed by atoms with Crippen LogP contribution in [0.25, 0.3) is 27.8 Å². The number of aryl methyl sites for hydroxylation is 1. The van der Waals surface area contributed by atoms with Crippen molar-refractivity contribution in [2.45, 2.75) is 6.92 Å². The molecule has 30 heavy (non-hydrogen) atoms. The van der Waals surface area contributed by atoms with E-state index in [2.05, 4.69) is 93.7 Å². The third-order valence-electron chi connectivity index (χ3n) is 5.86. The first kappa shape index (κ1) is 18.8. The normalized spacial score (nSPS) is 15.5. The van der Waals surface area contributed by atoms with Gasteiger partial charge in [0.1, 0.15) is 6.33 Å². The second-order valence-corrected chi connectivity index (χ2v) is 8.09. The summed E-state index contributed by atoms with van der Waals surface area (Å²) in [5, 5.41) is 3.32. The number of anilines is 1. The number of fused-ring (bicyclic) bond motifs is 1. The second-order valence-electron chi connectivity index (χ2n) is 8.09. The molecular weight excluding hydrogens is 372 g/mol. The van der Waals surface area contributed by atoms with Crippen molar-refractivity contribution in [3.8, 4) is 16.8 Å². The second kappa shape index (κ2) is 7.89. The minimum atomic E-state index is 0.865. The zero-order valence-electron chi connectivity index (χ0n) is 17.5. The summed E-state index contributed by atoms with van der Waals surface area (Å²) in [5.41, 5.74) is 9.13. The van der Waals surface area contributed by atoms with Crippen LogP contribution in [0.3, 0.4) is 0 Å². The molecule has 0 unspecified atom stereocenters. The summed E-state index contributed by atoms with van der Waals surface area (Å²) in [6.07, 6.45) is 3.84. The molecule has 1 aliphatic rings. The highest BCUT2D eigenvalue weighted by atomic mass is 15.5. The van der Waals surface area contributed by atoms with E-state index in [-0.39, 0.29) is 0 Å². The Morgan fingerprint density at radius 2 is 1.67 bits per heavy atom. The van der Waals surface area contributed by atoms with Gasteiger partial charge in [-0.05, 0) is 24.6 Å². The molecule has 1 saturated heterocycles. The molecule has 2 aromatic carbocycles. The molecule has 1 aliphatic heterocycles. The Labute approximate surface area is 176 Å². The van der Waals surface area contributed by atoms with Crippen LogP contribution in [0.1, 0.15) is 5.56 Å². The summed E-state index contributed by atoms with van der Waals surface area (Å²) in [4.78, 5) is 10.9. The van der Waals surface area contributed by atoms with Gasteiger partial charge < -0.3 is 14.9 Å². The average molecular weight is 400 g/mol. The van der Waals surface area contributed by atoms with Crippen molar-refractivity contribution in [3.63, 3.8) is 0 Å². The van der Waals surface area contributed by atoms with Crippen molar-refractivity contribution in [1.29, 1.82) is 0 Å². The Kier molecular flexibility index (Phi) is 4.94. The molecule has 0 atom stereocenters. The zero-order chi connectivity index (χ0) is 20.5. The van der Waals surface area contributed by atoms with E-state index in [0.717, 1.165) is 59.8 Å². The minimum absolute atomic E-state index is 0.865. The third kappa shape index (κ3) is 3.56. The molecule has 3 heterocycles. The molecule has 2 N–H and O–H groups in total. The molecule has 6 nitrogen and oxygen atoms in total. The van der Waals surface area contributed by atoms with Crippen LogP contribution in [0.15, 0.2) is 67.1 Å². The van der Waals surface area contributed by atoms with Gasteiger partial charge in [-0.1, -0.05) is 48.0 Å². The highest BCUT2D eigenvalue weighted by Gasteiger charge is 2.21. The third-order valence-corrected chi connectivity index (χ3v) is 5.86. The minimum Gasteiger partial charge on any atom is -0.335 e. The first-order valence-corrected chi connectivity index (χ1v) is 10.5. The monoisotopic (exact) mass is 399 g/mol. The molecule has 0 amide bonds. The van der Waals surface area contributed by atoms with Gasteiger partial charge in [0.05, 0.1) is 38.6 Å². The van der Waals surface area contributed by atoms with Gasteiger partial charge in [0.25, 0.3) is 0 Å². The van der Waals surface area contributed by atoms with Crippen LogP contribution in [0.5, 0.6) is 0 Å². The molecule has 1 fully saturated rings. The van der Waals surface area contributed by atoms with Crippen LogP contribution >= 0.6 is 0 Å². The van der Waals surface area contributed by atoms with Crippen molar-refractivity contribution in [1.82, 2.24) is 19.5 Å². The number of hydrogen-bond donors (Lipinski definition) is 2. The zero-order valence-corrected chi connectivity index (χ0v) is 17.5. The van der Waals surface area contributed by atoms with E-state index >= 15 is 0 Å².